The molecule has 0 radical (unpaired) electrons. The van der Waals surface area contributed by atoms with Gasteiger partial charge in [-0.1, -0.05) is 44.2 Å². The molecule has 4 heteroatoms. The SMILES string of the molecule is CC(C)C1NNc2cc(-c3ccccc3)nn21. The topological polar surface area (TPSA) is 41.9 Å². The summed E-state index contributed by atoms with van der Waals surface area (Å²) in [6.07, 6.45) is 0.225. The van der Waals surface area contributed by atoms with E-state index in [4.69, 9.17) is 0 Å². The van der Waals surface area contributed by atoms with Crippen molar-refractivity contribution in [1.82, 2.24) is 15.2 Å². The van der Waals surface area contributed by atoms with Crippen LogP contribution >= 0.6 is 0 Å². The van der Waals surface area contributed by atoms with E-state index in [9.17, 15) is 0 Å². The van der Waals surface area contributed by atoms with Gasteiger partial charge in [-0.25, -0.2) is 10.1 Å². The van der Waals surface area contributed by atoms with Gasteiger partial charge in [0.15, 0.2) is 0 Å². The number of fused-ring (bicyclic) bond motifs is 1. The number of hydrazine groups is 1. The Hall–Kier alpha value is -1.81. The minimum atomic E-state index is 0.225. The van der Waals surface area contributed by atoms with Crippen LogP contribution in [-0.2, 0) is 0 Å². The molecule has 0 aliphatic carbocycles. The number of nitrogens with one attached hydrogen (secondary N) is 2. The molecule has 3 rings (SSSR count). The molecule has 1 aliphatic rings. The van der Waals surface area contributed by atoms with Crippen LogP contribution in [0.4, 0.5) is 5.82 Å². The van der Waals surface area contributed by atoms with Gasteiger partial charge in [-0.3, -0.25) is 0 Å². The standard InChI is InChI=1S/C13H16N4/c1-9(2)13-15-14-12-8-11(16-17(12)13)10-6-4-3-5-7-10/h3-9,13-15H,1-2H3. The lowest BCUT2D eigenvalue weighted by molar-refractivity contribution is 0.336. The van der Waals surface area contributed by atoms with Crippen molar-refractivity contribution in [1.29, 1.82) is 0 Å². The number of rotatable bonds is 2. The van der Waals surface area contributed by atoms with Crippen LogP contribution in [0.1, 0.15) is 20.0 Å². The number of aromatic nitrogens is 2. The molecule has 0 amide bonds. The number of hydrogen-bond acceptors (Lipinski definition) is 3. The molecule has 4 nitrogen and oxygen atoms in total. The minimum Gasteiger partial charge on any atom is -0.304 e. The summed E-state index contributed by atoms with van der Waals surface area (Å²) in [5.74, 6) is 1.52. The molecule has 88 valence electrons. The summed E-state index contributed by atoms with van der Waals surface area (Å²) in [6, 6.07) is 12.3. The number of nitrogens with zero attached hydrogens (tertiary/aromatic N) is 2. The fraction of sp³-hybridized carbons (Fsp3) is 0.308. The van der Waals surface area contributed by atoms with Crippen molar-refractivity contribution in [3.05, 3.63) is 36.4 Å². The monoisotopic (exact) mass is 228 g/mol. The third kappa shape index (κ3) is 1.70. The van der Waals surface area contributed by atoms with Crippen molar-refractivity contribution in [3.8, 4) is 11.3 Å². The maximum Gasteiger partial charge on any atom is 0.141 e. The molecule has 1 aliphatic heterocycles. The number of anilines is 1. The summed E-state index contributed by atoms with van der Waals surface area (Å²) in [5, 5.41) is 4.66. The average molecular weight is 228 g/mol. The molecular formula is C13H16N4. The Morgan fingerprint density at radius 1 is 1.24 bits per heavy atom. The van der Waals surface area contributed by atoms with E-state index >= 15 is 0 Å². The van der Waals surface area contributed by atoms with Crippen LogP contribution in [0.5, 0.6) is 0 Å². The summed E-state index contributed by atoms with van der Waals surface area (Å²) < 4.78 is 2.02. The largest absolute Gasteiger partial charge is 0.304 e. The Labute approximate surface area is 101 Å². The summed E-state index contributed by atoms with van der Waals surface area (Å²) in [5.41, 5.74) is 8.57. The second-order valence-electron chi connectivity index (χ2n) is 4.68. The van der Waals surface area contributed by atoms with E-state index in [-0.39, 0.29) is 6.17 Å². The lowest BCUT2D eigenvalue weighted by Crippen LogP contribution is -2.26. The van der Waals surface area contributed by atoms with Crippen LogP contribution in [0.25, 0.3) is 11.3 Å². The normalized spacial score (nSPS) is 18.2. The third-order valence-electron chi connectivity index (χ3n) is 3.05. The van der Waals surface area contributed by atoms with Gasteiger partial charge in [0.1, 0.15) is 12.0 Å². The summed E-state index contributed by atoms with van der Waals surface area (Å²) in [4.78, 5) is 0. The predicted octanol–water partition coefficient (Wildman–Crippen LogP) is 2.63. The van der Waals surface area contributed by atoms with Crippen molar-refractivity contribution in [2.24, 2.45) is 5.92 Å². The second-order valence-corrected chi connectivity index (χ2v) is 4.68. The molecule has 0 spiro atoms. The Balaban J connectivity index is 1.99. The Morgan fingerprint density at radius 2 is 2.00 bits per heavy atom. The zero-order valence-electron chi connectivity index (χ0n) is 10.0. The quantitative estimate of drug-likeness (QED) is 0.830. The highest BCUT2D eigenvalue weighted by molar-refractivity contribution is 5.63. The zero-order valence-corrected chi connectivity index (χ0v) is 10.0. The Kier molecular flexibility index (Phi) is 2.37. The molecule has 0 saturated heterocycles. The smallest absolute Gasteiger partial charge is 0.141 e. The second kappa shape index (κ2) is 3.89. The van der Waals surface area contributed by atoms with E-state index in [1.807, 2.05) is 22.9 Å². The van der Waals surface area contributed by atoms with Gasteiger partial charge in [0, 0.05) is 11.6 Å². The van der Waals surface area contributed by atoms with Crippen molar-refractivity contribution in [2.45, 2.75) is 20.0 Å². The van der Waals surface area contributed by atoms with Crippen LogP contribution in [0, 0.1) is 5.92 Å². The zero-order chi connectivity index (χ0) is 11.8. The molecule has 2 N–H and O–H groups in total. The van der Waals surface area contributed by atoms with E-state index < -0.39 is 0 Å². The van der Waals surface area contributed by atoms with Crippen molar-refractivity contribution >= 4 is 5.82 Å². The minimum absolute atomic E-state index is 0.225. The number of benzene rings is 1. The van der Waals surface area contributed by atoms with E-state index in [0.29, 0.717) is 5.92 Å². The van der Waals surface area contributed by atoms with E-state index in [1.165, 1.54) is 0 Å². The van der Waals surface area contributed by atoms with Gasteiger partial charge < -0.3 is 5.43 Å². The molecule has 0 bridgehead atoms. The fourth-order valence-corrected chi connectivity index (χ4v) is 2.11. The fourth-order valence-electron chi connectivity index (χ4n) is 2.11. The maximum atomic E-state index is 4.66. The van der Waals surface area contributed by atoms with E-state index in [2.05, 4.69) is 48.0 Å². The number of hydrogen-bond donors (Lipinski definition) is 2. The van der Waals surface area contributed by atoms with Crippen molar-refractivity contribution in [2.75, 3.05) is 5.43 Å². The van der Waals surface area contributed by atoms with Crippen LogP contribution in [-0.4, -0.2) is 9.78 Å². The van der Waals surface area contributed by atoms with Crippen LogP contribution < -0.4 is 10.9 Å². The van der Waals surface area contributed by atoms with Gasteiger partial charge in [0.25, 0.3) is 0 Å². The highest BCUT2D eigenvalue weighted by atomic mass is 15.6. The van der Waals surface area contributed by atoms with Crippen LogP contribution in [0.2, 0.25) is 0 Å². The molecule has 2 heterocycles. The molecule has 1 atom stereocenters. The first-order valence-electron chi connectivity index (χ1n) is 5.92. The summed E-state index contributed by atoms with van der Waals surface area (Å²) in [7, 11) is 0. The molecule has 0 saturated carbocycles. The molecule has 1 aromatic heterocycles. The van der Waals surface area contributed by atoms with Gasteiger partial charge >= 0.3 is 0 Å². The van der Waals surface area contributed by atoms with Gasteiger partial charge in [-0.05, 0) is 5.92 Å². The van der Waals surface area contributed by atoms with Crippen LogP contribution in [0.3, 0.4) is 0 Å². The van der Waals surface area contributed by atoms with Crippen LogP contribution in [0.15, 0.2) is 36.4 Å². The van der Waals surface area contributed by atoms with Gasteiger partial charge in [0.05, 0.1) is 5.69 Å². The van der Waals surface area contributed by atoms with Gasteiger partial charge in [0.2, 0.25) is 0 Å². The van der Waals surface area contributed by atoms with E-state index in [1.54, 1.807) is 0 Å². The lowest BCUT2D eigenvalue weighted by Gasteiger charge is -2.15. The van der Waals surface area contributed by atoms with E-state index in [0.717, 1.165) is 17.1 Å². The molecule has 2 aromatic rings. The first-order valence-corrected chi connectivity index (χ1v) is 5.92. The highest BCUT2D eigenvalue weighted by Gasteiger charge is 2.25. The van der Waals surface area contributed by atoms with Crippen molar-refractivity contribution in [3.63, 3.8) is 0 Å². The van der Waals surface area contributed by atoms with Gasteiger partial charge in [-0.15, -0.1) is 0 Å². The summed E-state index contributed by atoms with van der Waals surface area (Å²) in [6.45, 7) is 4.36. The molecule has 1 unspecified atom stereocenters. The average Bonchev–Trinajstić information content (AvgIpc) is 2.88. The van der Waals surface area contributed by atoms with Crippen molar-refractivity contribution < 1.29 is 0 Å². The first kappa shape index (κ1) is 10.4. The predicted molar refractivity (Wildman–Crippen MR) is 68.3 cm³/mol. The van der Waals surface area contributed by atoms with Gasteiger partial charge in [-0.2, -0.15) is 5.10 Å². The molecule has 1 aromatic carbocycles. The highest BCUT2D eigenvalue weighted by Crippen LogP contribution is 2.29. The third-order valence-corrected chi connectivity index (χ3v) is 3.05. The molecular weight excluding hydrogens is 212 g/mol. The maximum absolute atomic E-state index is 4.66. The summed E-state index contributed by atoms with van der Waals surface area (Å²) >= 11 is 0. The molecule has 0 fully saturated rings. The lowest BCUT2D eigenvalue weighted by atomic mass is 10.2. The Morgan fingerprint density at radius 3 is 2.71 bits per heavy atom. The first-order chi connectivity index (χ1) is 8.25. The molecule has 17 heavy (non-hydrogen) atoms. The Bertz CT molecular complexity index is 515.